The fraction of sp³-hybridized carbons (Fsp3) is 0.417. The molecule has 0 radical (unpaired) electrons. The van der Waals surface area contributed by atoms with Crippen LogP contribution in [0.15, 0.2) is 24.3 Å². The van der Waals surface area contributed by atoms with Crippen LogP contribution in [0.4, 0.5) is 5.69 Å². The van der Waals surface area contributed by atoms with Gasteiger partial charge in [-0.15, -0.1) is 0 Å². The van der Waals surface area contributed by atoms with Gasteiger partial charge in [0.15, 0.2) is 0 Å². The van der Waals surface area contributed by atoms with E-state index in [1.54, 1.807) is 0 Å². The van der Waals surface area contributed by atoms with Crippen molar-refractivity contribution >= 4 is 11.6 Å². The van der Waals surface area contributed by atoms with E-state index >= 15 is 0 Å². The van der Waals surface area contributed by atoms with Crippen molar-refractivity contribution in [3.05, 3.63) is 29.8 Å². The summed E-state index contributed by atoms with van der Waals surface area (Å²) in [4.78, 5) is 13.7. The first-order valence-electron chi connectivity index (χ1n) is 5.41. The predicted molar refractivity (Wildman–Crippen MR) is 66.8 cm³/mol. The van der Waals surface area contributed by atoms with E-state index in [1.165, 1.54) is 0 Å². The van der Waals surface area contributed by atoms with Crippen molar-refractivity contribution in [2.45, 2.75) is 6.42 Å². The van der Waals surface area contributed by atoms with Crippen LogP contribution < -0.4 is 16.0 Å². The summed E-state index contributed by atoms with van der Waals surface area (Å²) < 4.78 is 0. The normalized spacial score (nSPS) is 9.94. The first-order chi connectivity index (χ1) is 7.65. The van der Waals surface area contributed by atoms with Gasteiger partial charge in [0.25, 0.3) is 5.91 Å². The molecule has 4 nitrogen and oxygen atoms in total. The summed E-state index contributed by atoms with van der Waals surface area (Å²) in [6, 6.07) is 7.53. The van der Waals surface area contributed by atoms with Crippen LogP contribution in [0.25, 0.3) is 0 Å². The molecule has 0 bridgehead atoms. The molecule has 1 aromatic rings. The number of anilines is 1. The Kier molecular flexibility index (Phi) is 4.79. The van der Waals surface area contributed by atoms with Crippen LogP contribution in [-0.4, -0.2) is 33.1 Å². The molecule has 3 N–H and O–H groups in total. The molecule has 0 saturated heterocycles. The van der Waals surface area contributed by atoms with E-state index in [2.05, 4.69) is 5.32 Å². The van der Waals surface area contributed by atoms with Crippen molar-refractivity contribution in [2.24, 2.45) is 5.73 Å². The molecule has 0 saturated carbocycles. The number of hydrogen-bond donors (Lipinski definition) is 2. The summed E-state index contributed by atoms with van der Waals surface area (Å²) in [5, 5.41) is 2.83. The lowest BCUT2D eigenvalue weighted by atomic mass is 10.2. The van der Waals surface area contributed by atoms with E-state index in [-0.39, 0.29) is 5.91 Å². The Morgan fingerprint density at radius 1 is 1.44 bits per heavy atom. The zero-order chi connectivity index (χ0) is 12.0. The molecule has 0 fully saturated rings. The van der Waals surface area contributed by atoms with E-state index in [0.29, 0.717) is 18.7 Å². The van der Waals surface area contributed by atoms with E-state index in [1.807, 2.05) is 43.3 Å². The van der Waals surface area contributed by atoms with Gasteiger partial charge < -0.3 is 16.0 Å². The van der Waals surface area contributed by atoms with Gasteiger partial charge in [-0.2, -0.15) is 0 Å². The highest BCUT2D eigenvalue weighted by atomic mass is 16.1. The third kappa shape index (κ3) is 3.55. The number of carbonyl (C=O) groups is 1. The molecule has 0 aromatic heterocycles. The van der Waals surface area contributed by atoms with Crippen molar-refractivity contribution in [3.63, 3.8) is 0 Å². The van der Waals surface area contributed by atoms with Crippen LogP contribution in [0.1, 0.15) is 16.8 Å². The van der Waals surface area contributed by atoms with Crippen LogP contribution in [0, 0.1) is 0 Å². The summed E-state index contributed by atoms with van der Waals surface area (Å²) in [6.45, 7) is 1.22. The minimum Gasteiger partial charge on any atom is -0.378 e. The van der Waals surface area contributed by atoms with Crippen LogP contribution >= 0.6 is 0 Å². The largest absolute Gasteiger partial charge is 0.378 e. The average Bonchev–Trinajstić information content (AvgIpc) is 2.29. The summed E-state index contributed by atoms with van der Waals surface area (Å²) in [5.74, 6) is -0.0443. The Balaban J connectivity index is 2.64. The first kappa shape index (κ1) is 12.5. The molecule has 16 heavy (non-hydrogen) atoms. The SMILES string of the molecule is CN(C)c1cccc(C(=O)NCCCN)c1. The molecule has 0 aliphatic rings. The van der Waals surface area contributed by atoms with E-state index in [4.69, 9.17) is 5.73 Å². The molecular formula is C12H19N3O. The molecule has 0 atom stereocenters. The minimum absolute atomic E-state index is 0.0443. The number of nitrogens with one attached hydrogen (secondary N) is 1. The highest BCUT2D eigenvalue weighted by molar-refractivity contribution is 5.95. The third-order valence-corrected chi connectivity index (χ3v) is 2.29. The zero-order valence-electron chi connectivity index (χ0n) is 9.86. The second-order valence-corrected chi connectivity index (χ2v) is 3.84. The average molecular weight is 221 g/mol. The van der Waals surface area contributed by atoms with Crippen molar-refractivity contribution in [3.8, 4) is 0 Å². The zero-order valence-corrected chi connectivity index (χ0v) is 9.86. The van der Waals surface area contributed by atoms with Gasteiger partial charge in [-0.05, 0) is 31.2 Å². The maximum absolute atomic E-state index is 11.7. The summed E-state index contributed by atoms with van der Waals surface area (Å²) >= 11 is 0. The van der Waals surface area contributed by atoms with Crippen molar-refractivity contribution in [2.75, 3.05) is 32.1 Å². The summed E-state index contributed by atoms with van der Waals surface area (Å²) in [6.07, 6.45) is 0.805. The molecule has 88 valence electrons. The van der Waals surface area contributed by atoms with Gasteiger partial charge in [-0.3, -0.25) is 4.79 Å². The van der Waals surface area contributed by atoms with Crippen LogP contribution in [0.2, 0.25) is 0 Å². The van der Waals surface area contributed by atoms with Gasteiger partial charge in [0.1, 0.15) is 0 Å². The smallest absolute Gasteiger partial charge is 0.251 e. The number of hydrogen-bond acceptors (Lipinski definition) is 3. The molecule has 0 unspecified atom stereocenters. The van der Waals surface area contributed by atoms with Gasteiger partial charge in [0.05, 0.1) is 0 Å². The topological polar surface area (TPSA) is 58.4 Å². The number of nitrogens with two attached hydrogens (primary N) is 1. The molecule has 1 amide bonds. The van der Waals surface area contributed by atoms with Crippen molar-refractivity contribution < 1.29 is 4.79 Å². The van der Waals surface area contributed by atoms with E-state index < -0.39 is 0 Å². The number of amides is 1. The monoisotopic (exact) mass is 221 g/mol. The van der Waals surface area contributed by atoms with Crippen molar-refractivity contribution in [1.29, 1.82) is 0 Å². The Labute approximate surface area is 96.4 Å². The van der Waals surface area contributed by atoms with E-state index in [0.717, 1.165) is 12.1 Å². The molecule has 0 aliphatic carbocycles. The summed E-state index contributed by atoms with van der Waals surface area (Å²) in [5.41, 5.74) is 7.06. The third-order valence-electron chi connectivity index (χ3n) is 2.29. The van der Waals surface area contributed by atoms with Gasteiger partial charge in [-0.1, -0.05) is 6.07 Å². The second-order valence-electron chi connectivity index (χ2n) is 3.84. The van der Waals surface area contributed by atoms with Gasteiger partial charge in [0, 0.05) is 31.9 Å². The Morgan fingerprint density at radius 3 is 2.81 bits per heavy atom. The minimum atomic E-state index is -0.0443. The first-order valence-corrected chi connectivity index (χ1v) is 5.41. The molecule has 4 heteroatoms. The fourth-order valence-electron chi connectivity index (χ4n) is 1.33. The maximum Gasteiger partial charge on any atom is 0.251 e. The van der Waals surface area contributed by atoms with Crippen LogP contribution in [-0.2, 0) is 0 Å². The lowest BCUT2D eigenvalue weighted by Crippen LogP contribution is -2.26. The lowest BCUT2D eigenvalue weighted by Gasteiger charge is -2.13. The van der Waals surface area contributed by atoms with Gasteiger partial charge in [-0.25, -0.2) is 0 Å². The summed E-state index contributed by atoms with van der Waals surface area (Å²) in [7, 11) is 3.90. The van der Waals surface area contributed by atoms with Crippen LogP contribution in [0.3, 0.4) is 0 Å². The highest BCUT2D eigenvalue weighted by Crippen LogP contribution is 2.13. The van der Waals surface area contributed by atoms with Gasteiger partial charge >= 0.3 is 0 Å². The predicted octanol–water partition coefficient (Wildman–Crippen LogP) is 0.831. The number of benzene rings is 1. The van der Waals surface area contributed by atoms with Gasteiger partial charge in [0.2, 0.25) is 0 Å². The Hall–Kier alpha value is -1.55. The molecule has 0 heterocycles. The quantitative estimate of drug-likeness (QED) is 0.724. The van der Waals surface area contributed by atoms with Crippen LogP contribution in [0.5, 0.6) is 0 Å². The Morgan fingerprint density at radius 2 is 2.19 bits per heavy atom. The number of rotatable bonds is 5. The highest BCUT2D eigenvalue weighted by Gasteiger charge is 2.05. The molecular weight excluding hydrogens is 202 g/mol. The number of nitrogens with zero attached hydrogens (tertiary/aromatic N) is 1. The second kappa shape index (κ2) is 6.12. The molecule has 0 spiro atoms. The fourth-order valence-corrected chi connectivity index (χ4v) is 1.33. The molecule has 0 aliphatic heterocycles. The lowest BCUT2D eigenvalue weighted by molar-refractivity contribution is 0.0953. The number of carbonyl (C=O) groups excluding carboxylic acids is 1. The molecule has 1 aromatic carbocycles. The Bertz CT molecular complexity index is 350. The molecule has 1 rings (SSSR count). The van der Waals surface area contributed by atoms with Crippen molar-refractivity contribution in [1.82, 2.24) is 5.32 Å². The maximum atomic E-state index is 11.7. The van der Waals surface area contributed by atoms with E-state index in [9.17, 15) is 4.79 Å². The standard InChI is InChI=1S/C12H19N3O/c1-15(2)11-6-3-5-10(9-11)12(16)14-8-4-7-13/h3,5-6,9H,4,7-8,13H2,1-2H3,(H,14,16).